The summed E-state index contributed by atoms with van der Waals surface area (Å²) in [6, 6.07) is 10.8. The lowest BCUT2D eigenvalue weighted by Crippen LogP contribution is -2.21. The first kappa shape index (κ1) is 23.2. The van der Waals surface area contributed by atoms with Crippen molar-refractivity contribution < 1.29 is 32.3 Å². The van der Waals surface area contributed by atoms with Gasteiger partial charge in [0.1, 0.15) is 0 Å². The van der Waals surface area contributed by atoms with Gasteiger partial charge in [-0.05, 0) is 36.8 Å². The van der Waals surface area contributed by atoms with E-state index in [-0.39, 0.29) is 24.9 Å². The Morgan fingerprint density at radius 3 is 2.37 bits per heavy atom. The monoisotopic (exact) mass is 442 g/mol. The van der Waals surface area contributed by atoms with Crippen molar-refractivity contribution in [1.29, 1.82) is 0 Å². The van der Waals surface area contributed by atoms with Crippen LogP contribution in [-0.2, 0) is 25.3 Å². The zero-order valence-corrected chi connectivity index (χ0v) is 16.3. The van der Waals surface area contributed by atoms with Crippen LogP contribution in [0.5, 0.6) is 0 Å². The SMILES string of the molecule is O=C(CCCC(=O)OCC(=O)Nc1ccccc1Cl)Nc1cccc(C(F)(F)F)c1. The Labute approximate surface area is 175 Å². The maximum Gasteiger partial charge on any atom is 0.416 e. The molecule has 0 atom stereocenters. The van der Waals surface area contributed by atoms with E-state index in [0.717, 1.165) is 12.1 Å². The predicted octanol–water partition coefficient (Wildman–Crippen LogP) is 4.65. The highest BCUT2D eigenvalue weighted by Crippen LogP contribution is 2.30. The second-order valence-corrected chi connectivity index (χ2v) is 6.58. The van der Waals surface area contributed by atoms with E-state index in [2.05, 4.69) is 10.6 Å². The van der Waals surface area contributed by atoms with Gasteiger partial charge in [0.2, 0.25) is 5.91 Å². The number of amides is 2. The Hall–Kier alpha value is -3.07. The molecule has 2 N–H and O–H groups in total. The maximum absolute atomic E-state index is 12.7. The molecule has 160 valence electrons. The second kappa shape index (κ2) is 10.6. The molecular weight excluding hydrogens is 425 g/mol. The fraction of sp³-hybridized carbons (Fsp3) is 0.250. The minimum absolute atomic E-state index is 0.00800. The fourth-order valence-corrected chi connectivity index (χ4v) is 2.54. The number of carbonyl (C=O) groups is 3. The quantitative estimate of drug-likeness (QED) is 0.583. The normalized spacial score (nSPS) is 10.9. The summed E-state index contributed by atoms with van der Waals surface area (Å²) in [6.45, 7) is -0.513. The number of esters is 1. The Balaban J connectivity index is 1.68. The molecule has 0 radical (unpaired) electrons. The van der Waals surface area contributed by atoms with E-state index in [1.54, 1.807) is 24.3 Å². The molecule has 0 spiro atoms. The molecule has 0 saturated heterocycles. The third kappa shape index (κ3) is 7.75. The van der Waals surface area contributed by atoms with Crippen LogP contribution in [0.15, 0.2) is 48.5 Å². The van der Waals surface area contributed by atoms with Gasteiger partial charge in [-0.3, -0.25) is 14.4 Å². The molecule has 10 heteroatoms. The van der Waals surface area contributed by atoms with Crippen molar-refractivity contribution in [3.05, 3.63) is 59.1 Å². The van der Waals surface area contributed by atoms with Crippen LogP contribution in [0.3, 0.4) is 0 Å². The molecule has 0 bridgehead atoms. The molecule has 0 aliphatic heterocycles. The third-order valence-corrected chi connectivity index (χ3v) is 4.10. The minimum atomic E-state index is -4.51. The predicted molar refractivity (Wildman–Crippen MR) is 105 cm³/mol. The van der Waals surface area contributed by atoms with E-state index >= 15 is 0 Å². The van der Waals surface area contributed by atoms with Crippen LogP contribution in [-0.4, -0.2) is 24.4 Å². The zero-order chi connectivity index (χ0) is 22.1. The van der Waals surface area contributed by atoms with Gasteiger partial charge >= 0.3 is 12.1 Å². The van der Waals surface area contributed by atoms with Crippen molar-refractivity contribution in [2.75, 3.05) is 17.2 Å². The number of rotatable bonds is 8. The maximum atomic E-state index is 12.7. The van der Waals surface area contributed by atoms with Crippen molar-refractivity contribution in [1.82, 2.24) is 0 Å². The fourth-order valence-electron chi connectivity index (χ4n) is 2.36. The number of carbonyl (C=O) groups excluding carboxylic acids is 3. The van der Waals surface area contributed by atoms with E-state index in [1.807, 2.05) is 0 Å². The van der Waals surface area contributed by atoms with Crippen LogP contribution >= 0.6 is 11.6 Å². The van der Waals surface area contributed by atoms with Gasteiger partial charge in [0.05, 0.1) is 16.3 Å². The number of anilines is 2. The first-order chi connectivity index (χ1) is 14.1. The van der Waals surface area contributed by atoms with Gasteiger partial charge in [-0.1, -0.05) is 29.8 Å². The number of para-hydroxylation sites is 1. The number of hydrogen-bond acceptors (Lipinski definition) is 4. The van der Waals surface area contributed by atoms with Crippen molar-refractivity contribution >= 4 is 40.8 Å². The van der Waals surface area contributed by atoms with E-state index in [4.69, 9.17) is 16.3 Å². The molecule has 6 nitrogen and oxygen atoms in total. The standard InChI is InChI=1S/C20H18ClF3N2O4/c21-15-7-1-2-8-16(15)26-18(28)12-30-19(29)10-4-9-17(27)25-14-6-3-5-13(11-14)20(22,23)24/h1-3,5-8,11H,4,9-10,12H2,(H,25,27)(H,26,28). The number of hydrogen-bond donors (Lipinski definition) is 2. The average molecular weight is 443 g/mol. The van der Waals surface area contributed by atoms with Crippen molar-refractivity contribution in [2.24, 2.45) is 0 Å². The van der Waals surface area contributed by atoms with Crippen LogP contribution < -0.4 is 10.6 Å². The molecule has 2 amide bonds. The minimum Gasteiger partial charge on any atom is -0.456 e. The summed E-state index contributed by atoms with van der Waals surface area (Å²) in [5.41, 5.74) is -0.487. The Morgan fingerprint density at radius 1 is 0.933 bits per heavy atom. The smallest absolute Gasteiger partial charge is 0.416 e. The molecule has 0 heterocycles. The molecule has 0 fully saturated rings. The van der Waals surface area contributed by atoms with E-state index in [1.165, 1.54) is 12.1 Å². The summed E-state index contributed by atoms with van der Waals surface area (Å²) in [5, 5.41) is 5.17. The molecule has 2 aromatic carbocycles. The summed E-state index contributed by atoms with van der Waals surface area (Å²) in [6.07, 6.45) is -4.63. The first-order valence-electron chi connectivity index (χ1n) is 8.82. The van der Waals surface area contributed by atoms with Gasteiger partial charge in [0.15, 0.2) is 6.61 Å². The topological polar surface area (TPSA) is 84.5 Å². The second-order valence-electron chi connectivity index (χ2n) is 6.17. The number of benzene rings is 2. The number of halogens is 4. The van der Waals surface area contributed by atoms with E-state index < -0.39 is 36.1 Å². The molecule has 2 aromatic rings. The Bertz CT molecular complexity index is 919. The highest BCUT2D eigenvalue weighted by atomic mass is 35.5. The molecule has 2 rings (SSSR count). The largest absolute Gasteiger partial charge is 0.456 e. The first-order valence-corrected chi connectivity index (χ1v) is 9.20. The number of ether oxygens (including phenoxy) is 1. The van der Waals surface area contributed by atoms with Crippen LogP contribution in [0.4, 0.5) is 24.5 Å². The highest BCUT2D eigenvalue weighted by Gasteiger charge is 2.30. The lowest BCUT2D eigenvalue weighted by Gasteiger charge is -2.10. The lowest BCUT2D eigenvalue weighted by atomic mass is 10.2. The summed E-state index contributed by atoms with van der Waals surface area (Å²) >= 11 is 5.90. The highest BCUT2D eigenvalue weighted by molar-refractivity contribution is 6.33. The molecule has 0 aromatic heterocycles. The van der Waals surface area contributed by atoms with Gasteiger partial charge in [0.25, 0.3) is 5.91 Å². The average Bonchev–Trinajstić information content (AvgIpc) is 2.68. The third-order valence-electron chi connectivity index (χ3n) is 3.77. The van der Waals surface area contributed by atoms with Crippen LogP contribution in [0.1, 0.15) is 24.8 Å². The molecule has 30 heavy (non-hydrogen) atoms. The number of nitrogens with one attached hydrogen (secondary N) is 2. The summed E-state index contributed by atoms with van der Waals surface area (Å²) in [7, 11) is 0. The van der Waals surface area contributed by atoms with Crippen LogP contribution in [0.25, 0.3) is 0 Å². The zero-order valence-electron chi connectivity index (χ0n) is 15.6. The molecule has 0 aliphatic rings. The summed E-state index contributed by atoms with van der Waals surface area (Å²) < 4.78 is 42.8. The van der Waals surface area contributed by atoms with Gasteiger partial charge in [-0.2, -0.15) is 13.2 Å². The summed E-state index contributed by atoms with van der Waals surface area (Å²) in [5.74, 6) is -1.80. The molecule has 0 aliphatic carbocycles. The Morgan fingerprint density at radius 2 is 1.67 bits per heavy atom. The van der Waals surface area contributed by atoms with E-state index in [9.17, 15) is 27.6 Å². The Kier molecular flexibility index (Phi) is 8.23. The van der Waals surface area contributed by atoms with Crippen molar-refractivity contribution in [2.45, 2.75) is 25.4 Å². The van der Waals surface area contributed by atoms with Crippen molar-refractivity contribution in [3.8, 4) is 0 Å². The lowest BCUT2D eigenvalue weighted by molar-refractivity contribution is -0.147. The van der Waals surface area contributed by atoms with E-state index in [0.29, 0.717) is 10.7 Å². The summed E-state index contributed by atoms with van der Waals surface area (Å²) in [4.78, 5) is 35.3. The van der Waals surface area contributed by atoms with Gasteiger partial charge in [-0.25, -0.2) is 0 Å². The van der Waals surface area contributed by atoms with Crippen LogP contribution in [0, 0.1) is 0 Å². The molecule has 0 unspecified atom stereocenters. The molecule has 0 saturated carbocycles. The number of alkyl halides is 3. The van der Waals surface area contributed by atoms with Crippen LogP contribution in [0.2, 0.25) is 5.02 Å². The van der Waals surface area contributed by atoms with Gasteiger partial charge < -0.3 is 15.4 Å². The van der Waals surface area contributed by atoms with Gasteiger partial charge in [-0.15, -0.1) is 0 Å². The van der Waals surface area contributed by atoms with Crippen molar-refractivity contribution in [3.63, 3.8) is 0 Å². The molecular formula is C20H18ClF3N2O4. The van der Waals surface area contributed by atoms with Gasteiger partial charge in [0, 0.05) is 18.5 Å².